The van der Waals surface area contributed by atoms with Crippen molar-refractivity contribution in [2.24, 2.45) is 27.2 Å². The van der Waals surface area contributed by atoms with Gasteiger partial charge in [0.15, 0.2) is 5.96 Å². The highest BCUT2D eigenvalue weighted by Gasteiger charge is 2.08. The summed E-state index contributed by atoms with van der Waals surface area (Å²) in [4.78, 5) is 11.7. The minimum absolute atomic E-state index is 0.0483. The number of ether oxygens (including phenoxy) is 1. The van der Waals surface area contributed by atoms with E-state index in [2.05, 4.69) is 20.1 Å². The Hall–Kier alpha value is -3.10. The van der Waals surface area contributed by atoms with Gasteiger partial charge >= 0.3 is 6.08 Å². The van der Waals surface area contributed by atoms with Gasteiger partial charge in [-0.25, -0.2) is 4.99 Å². The molecule has 1 heterocycles. The number of nitrogens with zero attached hydrogens (tertiary/aromatic N) is 4. The molecule has 0 aliphatic heterocycles. The van der Waals surface area contributed by atoms with Crippen LogP contribution in [0.25, 0.3) is 11.4 Å². The topological polar surface area (TPSA) is 151 Å². The Balaban J connectivity index is 2.30. The number of aliphatic imine (C=N–C) groups is 2. The predicted molar refractivity (Wildman–Crippen MR) is 73.4 cm³/mol. The summed E-state index contributed by atoms with van der Waals surface area (Å²) in [5.41, 5.74) is 17.2. The van der Waals surface area contributed by atoms with Gasteiger partial charge in [-0.15, -0.1) is 0 Å². The van der Waals surface area contributed by atoms with E-state index in [4.69, 9.17) is 26.5 Å². The number of hydrogen-bond acceptors (Lipinski definition) is 5. The summed E-state index contributed by atoms with van der Waals surface area (Å²) in [5, 5.41) is 3.77. The molecular formula is C11H13N7O2. The molecule has 1 aromatic heterocycles. The van der Waals surface area contributed by atoms with Gasteiger partial charge in [-0.2, -0.15) is 9.98 Å². The summed E-state index contributed by atoms with van der Waals surface area (Å²) in [5.74, 6) is 0.164. The van der Waals surface area contributed by atoms with Crippen molar-refractivity contribution < 1.29 is 9.26 Å². The molecule has 0 radical (unpaired) electrons. The lowest BCUT2D eigenvalue weighted by Crippen LogP contribution is -2.26. The molecule has 0 spiro atoms. The fraction of sp³-hybridized carbons (Fsp3) is 0.0909. The zero-order chi connectivity index (χ0) is 14.5. The van der Waals surface area contributed by atoms with E-state index in [1.807, 2.05) is 0 Å². The standard InChI is InChI=1S/C11H13N7O2/c1-19-11-16-8(18-20-11)6-3-2-4-7(5-6)15-10(14)17-9(12)13/h2-5H,1H3,(H6,12,13,14,15,17). The minimum Gasteiger partial charge on any atom is -0.452 e. The van der Waals surface area contributed by atoms with Crippen molar-refractivity contribution in [1.82, 2.24) is 10.1 Å². The van der Waals surface area contributed by atoms with Gasteiger partial charge in [-0.1, -0.05) is 17.3 Å². The third-order valence-electron chi connectivity index (χ3n) is 2.17. The second kappa shape index (κ2) is 5.69. The van der Waals surface area contributed by atoms with Crippen molar-refractivity contribution >= 4 is 17.6 Å². The highest BCUT2D eigenvalue weighted by atomic mass is 16.6. The largest absolute Gasteiger partial charge is 0.452 e. The molecule has 0 saturated carbocycles. The van der Waals surface area contributed by atoms with E-state index in [1.54, 1.807) is 24.3 Å². The third-order valence-corrected chi connectivity index (χ3v) is 2.17. The number of hydrogen-bond donors (Lipinski definition) is 3. The van der Waals surface area contributed by atoms with Crippen molar-refractivity contribution in [3.8, 4) is 17.5 Å². The molecule has 6 N–H and O–H groups in total. The van der Waals surface area contributed by atoms with E-state index < -0.39 is 0 Å². The predicted octanol–water partition coefficient (Wildman–Crippen LogP) is -0.0352. The molecule has 9 heteroatoms. The average molecular weight is 275 g/mol. The van der Waals surface area contributed by atoms with Gasteiger partial charge in [0.05, 0.1) is 12.8 Å². The number of nitrogens with two attached hydrogens (primary N) is 3. The first kappa shape index (κ1) is 13.3. The van der Waals surface area contributed by atoms with Crippen LogP contribution in [0.15, 0.2) is 38.8 Å². The smallest absolute Gasteiger partial charge is 0.417 e. The summed E-state index contributed by atoms with van der Waals surface area (Å²) in [6, 6.07) is 7.00. The van der Waals surface area contributed by atoms with Crippen molar-refractivity contribution in [3.05, 3.63) is 24.3 Å². The Kier molecular flexibility index (Phi) is 3.80. The molecule has 20 heavy (non-hydrogen) atoms. The van der Waals surface area contributed by atoms with E-state index in [0.29, 0.717) is 17.1 Å². The Morgan fingerprint density at radius 1 is 1.30 bits per heavy atom. The van der Waals surface area contributed by atoms with E-state index in [1.165, 1.54) is 7.11 Å². The van der Waals surface area contributed by atoms with Gasteiger partial charge in [0.2, 0.25) is 11.8 Å². The molecule has 0 aliphatic carbocycles. The molecule has 9 nitrogen and oxygen atoms in total. The summed E-state index contributed by atoms with van der Waals surface area (Å²) in [6.07, 6.45) is 0.0777. The first-order valence-electron chi connectivity index (χ1n) is 5.50. The Morgan fingerprint density at radius 2 is 2.10 bits per heavy atom. The van der Waals surface area contributed by atoms with E-state index in [0.717, 1.165) is 0 Å². The monoisotopic (exact) mass is 275 g/mol. The zero-order valence-electron chi connectivity index (χ0n) is 10.6. The fourth-order valence-corrected chi connectivity index (χ4v) is 1.41. The lowest BCUT2D eigenvalue weighted by atomic mass is 10.2. The maximum atomic E-state index is 5.55. The minimum atomic E-state index is -0.162. The summed E-state index contributed by atoms with van der Waals surface area (Å²) < 4.78 is 9.66. The van der Waals surface area contributed by atoms with Gasteiger partial charge in [-0.05, 0) is 12.1 Å². The van der Waals surface area contributed by atoms with Gasteiger partial charge in [0.1, 0.15) is 0 Å². The van der Waals surface area contributed by atoms with Crippen molar-refractivity contribution in [2.75, 3.05) is 7.11 Å². The fourth-order valence-electron chi connectivity index (χ4n) is 1.41. The van der Waals surface area contributed by atoms with Crippen molar-refractivity contribution in [3.63, 3.8) is 0 Å². The van der Waals surface area contributed by atoms with Crippen LogP contribution in [-0.4, -0.2) is 29.2 Å². The first-order chi connectivity index (χ1) is 9.58. The van der Waals surface area contributed by atoms with Crippen LogP contribution in [0.2, 0.25) is 0 Å². The van der Waals surface area contributed by atoms with Crippen molar-refractivity contribution in [1.29, 1.82) is 0 Å². The number of aromatic nitrogens is 2. The zero-order valence-corrected chi connectivity index (χ0v) is 10.6. The molecule has 2 aromatic rings. The molecule has 0 saturated heterocycles. The molecular weight excluding hydrogens is 262 g/mol. The van der Waals surface area contributed by atoms with E-state index >= 15 is 0 Å². The molecule has 0 fully saturated rings. The summed E-state index contributed by atoms with van der Waals surface area (Å²) in [7, 11) is 1.44. The number of benzene rings is 1. The normalized spacial score (nSPS) is 11.2. The van der Waals surface area contributed by atoms with Gasteiger partial charge in [0, 0.05) is 5.56 Å². The van der Waals surface area contributed by atoms with Crippen LogP contribution in [-0.2, 0) is 0 Å². The van der Waals surface area contributed by atoms with Crippen LogP contribution in [0.5, 0.6) is 6.08 Å². The average Bonchev–Trinajstić information content (AvgIpc) is 2.86. The molecule has 2 rings (SSSR count). The molecule has 0 bridgehead atoms. The van der Waals surface area contributed by atoms with Crippen LogP contribution < -0.4 is 21.9 Å². The quantitative estimate of drug-likeness (QED) is 0.525. The highest BCUT2D eigenvalue weighted by molar-refractivity contribution is 5.93. The van der Waals surface area contributed by atoms with Crippen LogP contribution in [0.1, 0.15) is 0 Å². The molecule has 0 unspecified atom stereocenters. The molecule has 0 amide bonds. The van der Waals surface area contributed by atoms with Gasteiger partial charge in [0.25, 0.3) is 0 Å². The van der Waals surface area contributed by atoms with Crippen LogP contribution in [0.3, 0.4) is 0 Å². The molecule has 0 atom stereocenters. The second-order valence-corrected chi connectivity index (χ2v) is 3.65. The molecule has 104 valence electrons. The van der Waals surface area contributed by atoms with E-state index in [9.17, 15) is 0 Å². The highest BCUT2D eigenvalue weighted by Crippen LogP contribution is 2.23. The Morgan fingerprint density at radius 3 is 2.75 bits per heavy atom. The molecule has 0 aliphatic rings. The van der Waals surface area contributed by atoms with Crippen LogP contribution in [0.4, 0.5) is 5.69 Å². The summed E-state index contributed by atoms with van der Waals surface area (Å²) in [6.45, 7) is 0. The Bertz CT molecular complexity index is 658. The number of methoxy groups -OCH3 is 1. The Labute approximate surface area is 114 Å². The first-order valence-corrected chi connectivity index (χ1v) is 5.50. The SMILES string of the molecule is COc1nc(-c2cccc(N=C(N)N=C(N)N)c2)no1. The summed E-state index contributed by atoms with van der Waals surface area (Å²) >= 11 is 0. The number of guanidine groups is 2. The van der Waals surface area contributed by atoms with Crippen LogP contribution >= 0.6 is 0 Å². The lowest BCUT2D eigenvalue weighted by Gasteiger charge is -1.98. The van der Waals surface area contributed by atoms with Gasteiger partial charge < -0.3 is 21.9 Å². The maximum absolute atomic E-state index is 5.55. The third kappa shape index (κ3) is 3.22. The maximum Gasteiger partial charge on any atom is 0.417 e. The molecule has 1 aromatic carbocycles. The number of rotatable bonds is 3. The van der Waals surface area contributed by atoms with Crippen molar-refractivity contribution in [2.45, 2.75) is 0 Å². The van der Waals surface area contributed by atoms with Crippen LogP contribution in [0, 0.1) is 0 Å². The lowest BCUT2D eigenvalue weighted by molar-refractivity contribution is 0.250. The van der Waals surface area contributed by atoms with Gasteiger partial charge in [-0.3, -0.25) is 4.52 Å². The second-order valence-electron chi connectivity index (χ2n) is 3.65. The van der Waals surface area contributed by atoms with E-state index in [-0.39, 0.29) is 18.0 Å².